The molecule has 3 nitrogen and oxygen atoms in total. The summed E-state index contributed by atoms with van der Waals surface area (Å²) in [5.74, 6) is 2.50. The molecule has 0 radical (unpaired) electrons. The fourth-order valence-corrected chi connectivity index (χ4v) is 8.22. The molecule has 0 aromatic rings. The Morgan fingerprint density at radius 3 is 2.36 bits per heavy atom. The van der Waals surface area contributed by atoms with Crippen molar-refractivity contribution in [3.8, 4) is 0 Å². The molecule has 4 rings (SSSR count). The molecule has 9 atom stereocenters. The summed E-state index contributed by atoms with van der Waals surface area (Å²) in [6.07, 6.45) is 7.80. The van der Waals surface area contributed by atoms with E-state index in [9.17, 15) is 15.0 Å². The quantitative estimate of drug-likeness (QED) is 0.754. The Labute approximate surface area is 152 Å². The number of ketones is 1. The van der Waals surface area contributed by atoms with Crippen LogP contribution in [0.4, 0.5) is 0 Å². The van der Waals surface area contributed by atoms with Crippen LogP contribution in [0.5, 0.6) is 0 Å². The van der Waals surface area contributed by atoms with Gasteiger partial charge in [0, 0.05) is 5.92 Å². The zero-order chi connectivity index (χ0) is 18.2. The zero-order valence-corrected chi connectivity index (χ0v) is 16.4. The molecule has 4 aliphatic carbocycles. The van der Waals surface area contributed by atoms with Crippen LogP contribution in [0.1, 0.15) is 79.1 Å². The number of aliphatic hydroxyl groups excluding tert-OH is 1. The van der Waals surface area contributed by atoms with Gasteiger partial charge in [-0.2, -0.15) is 0 Å². The molecule has 4 fully saturated rings. The number of Topliss-reactive ketones (excluding diaryl/α,β-unsaturated/α-hetero) is 1. The minimum absolute atomic E-state index is 0.00419. The Balaban J connectivity index is 1.66. The van der Waals surface area contributed by atoms with Gasteiger partial charge in [0.2, 0.25) is 0 Å². The van der Waals surface area contributed by atoms with Crippen LogP contribution in [0, 0.1) is 40.4 Å². The molecule has 25 heavy (non-hydrogen) atoms. The SMILES string of the molecule is CC(=O)[C@H]1CC[C@H]2[C@@H]3CC[C@H]4C[C@](C)(O)CC[C@]4(C)[C@H]3[C@@H](O)C[C@]12C. The Kier molecular flexibility index (Phi) is 3.99. The van der Waals surface area contributed by atoms with Gasteiger partial charge in [0.05, 0.1) is 11.7 Å². The molecule has 2 N–H and O–H groups in total. The normalized spacial score (nSPS) is 58.2. The average Bonchev–Trinajstić information content (AvgIpc) is 2.84. The van der Waals surface area contributed by atoms with Crippen molar-refractivity contribution in [2.24, 2.45) is 40.4 Å². The fourth-order valence-electron chi connectivity index (χ4n) is 8.22. The number of aliphatic hydroxyl groups is 2. The van der Waals surface area contributed by atoms with Crippen molar-refractivity contribution < 1.29 is 15.0 Å². The molecule has 0 amide bonds. The van der Waals surface area contributed by atoms with Crippen molar-refractivity contribution in [1.29, 1.82) is 0 Å². The lowest BCUT2D eigenvalue weighted by atomic mass is 9.43. The van der Waals surface area contributed by atoms with E-state index in [1.165, 1.54) is 12.8 Å². The summed E-state index contributed by atoms with van der Waals surface area (Å²) in [4.78, 5) is 12.2. The van der Waals surface area contributed by atoms with E-state index in [1.54, 1.807) is 6.92 Å². The first-order chi connectivity index (χ1) is 11.6. The average molecular weight is 349 g/mol. The molecule has 0 heterocycles. The Morgan fingerprint density at radius 2 is 1.68 bits per heavy atom. The Morgan fingerprint density at radius 1 is 0.960 bits per heavy atom. The van der Waals surface area contributed by atoms with E-state index in [0.717, 1.165) is 38.5 Å². The summed E-state index contributed by atoms with van der Waals surface area (Å²) in [5.41, 5.74) is -0.381. The Bertz CT molecular complexity index is 570. The third-order valence-corrected chi connectivity index (χ3v) is 9.37. The van der Waals surface area contributed by atoms with Gasteiger partial charge >= 0.3 is 0 Å². The molecule has 142 valence electrons. The van der Waals surface area contributed by atoms with E-state index in [4.69, 9.17) is 0 Å². The van der Waals surface area contributed by atoms with E-state index in [1.807, 2.05) is 6.92 Å². The van der Waals surface area contributed by atoms with Gasteiger partial charge in [-0.15, -0.1) is 0 Å². The van der Waals surface area contributed by atoms with Gasteiger partial charge in [-0.25, -0.2) is 0 Å². The van der Waals surface area contributed by atoms with Crippen LogP contribution < -0.4 is 0 Å². The van der Waals surface area contributed by atoms with Gasteiger partial charge in [0.15, 0.2) is 0 Å². The number of fused-ring (bicyclic) bond motifs is 5. The lowest BCUT2D eigenvalue weighted by Crippen LogP contribution is -2.60. The van der Waals surface area contributed by atoms with Gasteiger partial charge < -0.3 is 10.2 Å². The minimum atomic E-state index is -0.530. The lowest BCUT2D eigenvalue weighted by molar-refractivity contribution is -0.188. The summed E-state index contributed by atoms with van der Waals surface area (Å²) in [6.45, 7) is 8.42. The highest BCUT2D eigenvalue weighted by Gasteiger charge is 2.64. The molecule has 0 unspecified atom stereocenters. The maximum absolute atomic E-state index is 12.2. The van der Waals surface area contributed by atoms with Gasteiger partial charge in [-0.05, 0) is 99.7 Å². The van der Waals surface area contributed by atoms with Crippen LogP contribution >= 0.6 is 0 Å². The zero-order valence-electron chi connectivity index (χ0n) is 16.4. The van der Waals surface area contributed by atoms with Crippen LogP contribution in [0.3, 0.4) is 0 Å². The molecule has 0 aromatic heterocycles. The molecule has 4 saturated carbocycles. The molecule has 4 aliphatic rings. The first kappa shape index (κ1) is 18.0. The molecular weight excluding hydrogens is 312 g/mol. The van der Waals surface area contributed by atoms with Crippen LogP contribution in [0.15, 0.2) is 0 Å². The first-order valence-corrected chi connectivity index (χ1v) is 10.5. The van der Waals surface area contributed by atoms with Gasteiger partial charge in [0.1, 0.15) is 5.78 Å². The van der Waals surface area contributed by atoms with Crippen LogP contribution in [0.2, 0.25) is 0 Å². The van der Waals surface area contributed by atoms with Crippen LogP contribution in [0.25, 0.3) is 0 Å². The van der Waals surface area contributed by atoms with Crippen molar-refractivity contribution in [2.45, 2.75) is 90.8 Å². The monoisotopic (exact) mass is 348 g/mol. The van der Waals surface area contributed by atoms with E-state index < -0.39 is 5.60 Å². The van der Waals surface area contributed by atoms with Gasteiger partial charge in [-0.3, -0.25) is 4.79 Å². The van der Waals surface area contributed by atoms with Crippen molar-refractivity contribution in [2.75, 3.05) is 0 Å². The second kappa shape index (κ2) is 5.55. The van der Waals surface area contributed by atoms with Gasteiger partial charge in [-0.1, -0.05) is 13.8 Å². The summed E-state index contributed by atoms with van der Waals surface area (Å²) < 4.78 is 0. The number of carbonyl (C=O) groups excluding carboxylic acids is 1. The van der Waals surface area contributed by atoms with E-state index in [2.05, 4.69) is 13.8 Å². The number of carbonyl (C=O) groups is 1. The van der Waals surface area contributed by atoms with Crippen LogP contribution in [-0.2, 0) is 4.79 Å². The number of hydrogen-bond acceptors (Lipinski definition) is 3. The third kappa shape index (κ3) is 2.48. The maximum atomic E-state index is 12.2. The largest absolute Gasteiger partial charge is 0.393 e. The van der Waals surface area contributed by atoms with E-state index in [-0.39, 0.29) is 22.9 Å². The van der Waals surface area contributed by atoms with Gasteiger partial charge in [0.25, 0.3) is 0 Å². The van der Waals surface area contributed by atoms with Crippen LogP contribution in [-0.4, -0.2) is 27.7 Å². The molecule has 3 heteroatoms. The van der Waals surface area contributed by atoms with E-state index >= 15 is 0 Å². The van der Waals surface area contributed by atoms with Crippen molar-refractivity contribution in [3.63, 3.8) is 0 Å². The summed E-state index contributed by atoms with van der Waals surface area (Å²) in [7, 11) is 0. The minimum Gasteiger partial charge on any atom is -0.393 e. The highest BCUT2D eigenvalue weighted by atomic mass is 16.3. The predicted octanol–water partition coefficient (Wildman–Crippen LogP) is 3.96. The van der Waals surface area contributed by atoms with E-state index in [0.29, 0.717) is 29.5 Å². The number of rotatable bonds is 1. The highest BCUT2D eigenvalue weighted by molar-refractivity contribution is 5.79. The van der Waals surface area contributed by atoms with Crippen molar-refractivity contribution >= 4 is 5.78 Å². The maximum Gasteiger partial charge on any atom is 0.133 e. The number of hydrogen-bond donors (Lipinski definition) is 2. The van der Waals surface area contributed by atoms with Crippen molar-refractivity contribution in [1.82, 2.24) is 0 Å². The smallest absolute Gasteiger partial charge is 0.133 e. The fraction of sp³-hybridized carbons (Fsp3) is 0.955. The molecule has 0 bridgehead atoms. The molecule has 0 saturated heterocycles. The second-order valence-electron chi connectivity index (χ2n) is 10.8. The molecule has 0 spiro atoms. The lowest BCUT2D eigenvalue weighted by Gasteiger charge is -2.63. The predicted molar refractivity (Wildman–Crippen MR) is 97.9 cm³/mol. The Hall–Kier alpha value is -0.410. The third-order valence-electron chi connectivity index (χ3n) is 9.37. The second-order valence-corrected chi connectivity index (χ2v) is 10.8. The molecule has 0 aromatic carbocycles. The standard InChI is InChI=1S/C22H36O3/c1-13(23)16-7-8-17-15-6-5-14-11-20(2,25)9-10-21(14,3)19(15)18(24)12-22(16,17)4/h14-19,24-25H,5-12H2,1-4H3/t14-,15-,16+,17-,18-,19+,20+,21-,22+/m0/s1. The summed E-state index contributed by atoms with van der Waals surface area (Å²) >= 11 is 0. The van der Waals surface area contributed by atoms with Crippen molar-refractivity contribution in [3.05, 3.63) is 0 Å². The summed E-state index contributed by atoms with van der Waals surface area (Å²) in [6, 6.07) is 0. The topological polar surface area (TPSA) is 57.5 Å². The highest BCUT2D eigenvalue weighted by Crippen LogP contribution is 2.68. The first-order valence-electron chi connectivity index (χ1n) is 10.5. The molecular formula is C22H36O3. The summed E-state index contributed by atoms with van der Waals surface area (Å²) in [5, 5.41) is 21.9. The molecule has 0 aliphatic heterocycles.